The lowest BCUT2D eigenvalue weighted by molar-refractivity contribution is 0.251. The zero-order valence-corrected chi connectivity index (χ0v) is 19.2. The van der Waals surface area contributed by atoms with Crippen LogP contribution in [0.5, 0.6) is 5.75 Å². The Balaban J connectivity index is 2.34. The van der Waals surface area contributed by atoms with Crippen LogP contribution in [0.4, 0.5) is 0 Å². The van der Waals surface area contributed by atoms with Gasteiger partial charge in [-0.15, -0.1) is 0 Å². The maximum absolute atomic E-state index is 5.41. The monoisotopic (exact) mass is 389 g/mol. The van der Waals surface area contributed by atoms with Gasteiger partial charge in [0.05, 0.1) is 7.11 Å². The molecule has 28 heavy (non-hydrogen) atoms. The van der Waals surface area contributed by atoms with E-state index in [-0.39, 0.29) is 0 Å². The van der Waals surface area contributed by atoms with Crippen LogP contribution in [0.15, 0.2) is 24.3 Å². The highest BCUT2D eigenvalue weighted by molar-refractivity contribution is 5.28. The third-order valence-corrected chi connectivity index (χ3v) is 5.70. The number of unbranched alkanes of at least 4 members (excludes halogenated alkanes) is 12. The molecular weight excluding hydrogens is 342 g/mol. The average molecular weight is 390 g/mol. The van der Waals surface area contributed by atoms with Gasteiger partial charge in [-0.2, -0.15) is 0 Å². The molecule has 1 aromatic rings. The molecule has 0 saturated carbocycles. The molecule has 2 heteroatoms. The first-order chi connectivity index (χ1) is 13.8. The van der Waals surface area contributed by atoms with Gasteiger partial charge in [0, 0.05) is 6.54 Å². The summed E-state index contributed by atoms with van der Waals surface area (Å²) in [5, 5.41) is 0. The van der Waals surface area contributed by atoms with Crippen molar-refractivity contribution < 1.29 is 4.74 Å². The van der Waals surface area contributed by atoms with Gasteiger partial charge in [-0.05, 0) is 43.6 Å². The highest BCUT2D eigenvalue weighted by atomic mass is 16.5. The summed E-state index contributed by atoms with van der Waals surface area (Å²) < 4.78 is 5.41. The Labute approximate surface area is 176 Å². The lowest BCUT2D eigenvalue weighted by Crippen LogP contribution is -2.25. The third kappa shape index (κ3) is 13.2. The molecule has 0 fully saturated rings. The molecule has 0 atom stereocenters. The molecule has 0 bridgehead atoms. The minimum Gasteiger partial charge on any atom is -0.497 e. The first kappa shape index (κ1) is 25.0. The molecule has 1 aromatic carbocycles. The van der Waals surface area contributed by atoms with Crippen molar-refractivity contribution in [3.8, 4) is 5.75 Å². The zero-order valence-electron chi connectivity index (χ0n) is 19.2. The second kappa shape index (κ2) is 18.0. The fraction of sp³-hybridized carbons (Fsp3) is 0.769. The van der Waals surface area contributed by atoms with Gasteiger partial charge >= 0.3 is 0 Å². The van der Waals surface area contributed by atoms with Gasteiger partial charge < -0.3 is 4.74 Å². The van der Waals surface area contributed by atoms with Crippen molar-refractivity contribution in [2.24, 2.45) is 0 Å². The molecule has 0 heterocycles. The predicted molar refractivity (Wildman–Crippen MR) is 124 cm³/mol. The lowest BCUT2D eigenvalue weighted by atomic mass is 10.1. The minimum atomic E-state index is 0.976. The smallest absolute Gasteiger partial charge is 0.119 e. The molecule has 1 rings (SSSR count). The van der Waals surface area contributed by atoms with Crippen LogP contribution in [0.3, 0.4) is 0 Å². The van der Waals surface area contributed by atoms with Crippen LogP contribution in [0, 0.1) is 0 Å². The SMILES string of the molecule is CCCCCCCCCN(CCCCCCCCC)Cc1cccc(OC)c1. The molecule has 0 radical (unpaired) electrons. The van der Waals surface area contributed by atoms with Crippen molar-refractivity contribution in [2.75, 3.05) is 20.2 Å². The molecule has 0 saturated heterocycles. The molecule has 0 N–H and O–H groups in total. The summed E-state index contributed by atoms with van der Waals surface area (Å²) in [5.41, 5.74) is 1.38. The van der Waals surface area contributed by atoms with Crippen LogP contribution in [-0.4, -0.2) is 25.1 Å². The number of ether oxygens (including phenoxy) is 1. The molecule has 2 nitrogen and oxygen atoms in total. The summed E-state index contributed by atoms with van der Waals surface area (Å²) in [6, 6.07) is 8.60. The van der Waals surface area contributed by atoms with E-state index in [1.165, 1.54) is 109 Å². The Morgan fingerprint density at radius 3 is 1.68 bits per heavy atom. The third-order valence-electron chi connectivity index (χ3n) is 5.70. The quantitative estimate of drug-likeness (QED) is 0.222. The van der Waals surface area contributed by atoms with Crippen molar-refractivity contribution in [2.45, 2.75) is 110 Å². The second-order valence-corrected chi connectivity index (χ2v) is 8.37. The minimum absolute atomic E-state index is 0.976. The maximum atomic E-state index is 5.41. The lowest BCUT2D eigenvalue weighted by Gasteiger charge is -2.23. The number of hydrogen-bond acceptors (Lipinski definition) is 2. The van der Waals surface area contributed by atoms with E-state index in [9.17, 15) is 0 Å². The number of benzene rings is 1. The summed E-state index contributed by atoms with van der Waals surface area (Å²) in [6.07, 6.45) is 19.4. The van der Waals surface area contributed by atoms with Gasteiger partial charge in [0.2, 0.25) is 0 Å². The normalized spacial score (nSPS) is 11.3. The number of hydrogen-bond donors (Lipinski definition) is 0. The molecule has 0 aliphatic rings. The van der Waals surface area contributed by atoms with E-state index in [0.717, 1.165) is 12.3 Å². The number of nitrogens with zero attached hydrogens (tertiary/aromatic N) is 1. The van der Waals surface area contributed by atoms with Crippen LogP contribution in [0.25, 0.3) is 0 Å². The highest BCUT2D eigenvalue weighted by Crippen LogP contribution is 2.16. The average Bonchev–Trinajstić information content (AvgIpc) is 2.72. The van der Waals surface area contributed by atoms with Crippen LogP contribution >= 0.6 is 0 Å². The summed E-state index contributed by atoms with van der Waals surface area (Å²) >= 11 is 0. The molecule has 0 aliphatic heterocycles. The van der Waals surface area contributed by atoms with E-state index in [1.807, 2.05) is 6.07 Å². The second-order valence-electron chi connectivity index (χ2n) is 8.37. The molecule has 0 unspecified atom stereocenters. The Kier molecular flexibility index (Phi) is 16.1. The Bertz CT molecular complexity index is 442. The van der Waals surface area contributed by atoms with Crippen molar-refractivity contribution >= 4 is 0 Å². The molecule has 0 aliphatic carbocycles. The van der Waals surface area contributed by atoms with Crippen molar-refractivity contribution in [1.82, 2.24) is 4.90 Å². The largest absolute Gasteiger partial charge is 0.497 e. The van der Waals surface area contributed by atoms with Gasteiger partial charge in [0.15, 0.2) is 0 Å². The van der Waals surface area contributed by atoms with E-state index in [4.69, 9.17) is 4.74 Å². The summed E-state index contributed by atoms with van der Waals surface area (Å²) in [7, 11) is 1.76. The van der Waals surface area contributed by atoms with Crippen molar-refractivity contribution in [3.63, 3.8) is 0 Å². The fourth-order valence-electron chi connectivity index (χ4n) is 3.88. The van der Waals surface area contributed by atoms with Crippen molar-refractivity contribution in [1.29, 1.82) is 0 Å². The van der Waals surface area contributed by atoms with E-state index < -0.39 is 0 Å². The van der Waals surface area contributed by atoms with Crippen LogP contribution < -0.4 is 4.74 Å². The van der Waals surface area contributed by atoms with Gasteiger partial charge in [0.25, 0.3) is 0 Å². The molecule has 0 amide bonds. The van der Waals surface area contributed by atoms with E-state index >= 15 is 0 Å². The van der Waals surface area contributed by atoms with Gasteiger partial charge in [0.1, 0.15) is 5.75 Å². The van der Waals surface area contributed by atoms with E-state index in [2.05, 4.69) is 36.9 Å². The molecular formula is C26H47NO. The first-order valence-corrected chi connectivity index (χ1v) is 12.2. The standard InChI is InChI=1S/C26H47NO/c1-4-6-8-10-12-14-16-21-27(22-17-15-13-11-9-7-5-2)24-25-19-18-20-26(23-25)28-3/h18-20,23H,4-17,21-22,24H2,1-3H3. The Hall–Kier alpha value is -1.02. The predicted octanol–water partition coefficient (Wildman–Crippen LogP) is 8.00. The Morgan fingerprint density at radius 2 is 1.18 bits per heavy atom. The van der Waals surface area contributed by atoms with Gasteiger partial charge in [-0.3, -0.25) is 4.90 Å². The Morgan fingerprint density at radius 1 is 0.679 bits per heavy atom. The zero-order chi connectivity index (χ0) is 20.3. The fourth-order valence-corrected chi connectivity index (χ4v) is 3.88. The van der Waals surface area contributed by atoms with Gasteiger partial charge in [-0.1, -0.05) is 103 Å². The van der Waals surface area contributed by atoms with Gasteiger partial charge in [-0.25, -0.2) is 0 Å². The number of rotatable bonds is 19. The van der Waals surface area contributed by atoms with Crippen LogP contribution in [0.2, 0.25) is 0 Å². The summed E-state index contributed by atoms with van der Waals surface area (Å²) in [4.78, 5) is 2.67. The van der Waals surface area contributed by atoms with Crippen LogP contribution in [0.1, 0.15) is 109 Å². The van der Waals surface area contributed by atoms with E-state index in [1.54, 1.807) is 7.11 Å². The highest BCUT2D eigenvalue weighted by Gasteiger charge is 2.07. The molecule has 162 valence electrons. The summed E-state index contributed by atoms with van der Waals surface area (Å²) in [6.45, 7) is 8.12. The van der Waals surface area contributed by atoms with E-state index in [0.29, 0.717) is 0 Å². The van der Waals surface area contributed by atoms with Crippen molar-refractivity contribution in [3.05, 3.63) is 29.8 Å². The number of methoxy groups -OCH3 is 1. The van der Waals surface area contributed by atoms with Crippen LogP contribution in [-0.2, 0) is 6.54 Å². The molecule has 0 aromatic heterocycles. The topological polar surface area (TPSA) is 12.5 Å². The first-order valence-electron chi connectivity index (χ1n) is 12.2. The maximum Gasteiger partial charge on any atom is 0.119 e. The molecule has 0 spiro atoms. The summed E-state index contributed by atoms with van der Waals surface area (Å²) in [5.74, 6) is 0.976.